The molecule has 0 bridgehead atoms. The Morgan fingerprint density at radius 3 is 2.19 bits per heavy atom. The van der Waals surface area contributed by atoms with Gasteiger partial charge in [0.15, 0.2) is 0 Å². The van der Waals surface area contributed by atoms with Crippen LogP contribution in [0.1, 0.15) is 20.0 Å². The molecule has 0 amide bonds. The molecule has 2 aromatic rings. The largest absolute Gasteiger partial charge is 0.497 e. The monoisotopic (exact) mass is 324 g/mol. The minimum absolute atomic E-state index is 0.0296. The van der Waals surface area contributed by atoms with Crippen molar-refractivity contribution in [2.24, 2.45) is 0 Å². The predicted molar refractivity (Wildman–Crippen MR) is 82.0 cm³/mol. The van der Waals surface area contributed by atoms with E-state index in [1.54, 1.807) is 30.5 Å². The van der Waals surface area contributed by atoms with Crippen molar-refractivity contribution in [1.29, 1.82) is 0 Å². The molecule has 0 fully saturated rings. The molecule has 110 valence electrons. The minimum Gasteiger partial charge on any atom is -0.497 e. The van der Waals surface area contributed by atoms with Crippen molar-refractivity contribution in [3.8, 4) is 16.9 Å². The summed E-state index contributed by atoms with van der Waals surface area (Å²) in [5, 5.41) is 18.7. The number of benzene rings is 1. The Morgan fingerprint density at radius 2 is 1.76 bits per heavy atom. The van der Waals surface area contributed by atoms with Crippen LogP contribution in [0.15, 0.2) is 28.5 Å². The standard InChI is InChI=1S/C14H12O5S2/c1-19-8-5-3-7(4-6-8)9-10(12(15)16)14(20-2)21-11(9)13(17)18/h3-6H,1-2H3,(H,15,16)(H,17,18). The zero-order valence-corrected chi connectivity index (χ0v) is 12.9. The molecule has 2 N–H and O–H groups in total. The molecular formula is C14H12O5S2. The van der Waals surface area contributed by atoms with Gasteiger partial charge in [-0.3, -0.25) is 0 Å². The molecule has 0 spiro atoms. The van der Waals surface area contributed by atoms with Gasteiger partial charge in [-0.15, -0.1) is 23.1 Å². The maximum absolute atomic E-state index is 11.5. The van der Waals surface area contributed by atoms with Gasteiger partial charge in [0.2, 0.25) is 0 Å². The Balaban J connectivity index is 2.71. The topological polar surface area (TPSA) is 83.8 Å². The summed E-state index contributed by atoms with van der Waals surface area (Å²) in [6.07, 6.45) is 1.72. The fraction of sp³-hybridized carbons (Fsp3) is 0.143. The highest BCUT2D eigenvalue weighted by atomic mass is 32.2. The molecule has 0 saturated heterocycles. The van der Waals surface area contributed by atoms with Gasteiger partial charge in [-0.2, -0.15) is 0 Å². The number of methoxy groups -OCH3 is 1. The number of carboxylic acid groups (broad SMARTS) is 2. The summed E-state index contributed by atoms with van der Waals surface area (Å²) in [6.45, 7) is 0. The summed E-state index contributed by atoms with van der Waals surface area (Å²) in [5.74, 6) is -1.64. The van der Waals surface area contributed by atoms with Crippen LogP contribution in [-0.2, 0) is 0 Å². The lowest BCUT2D eigenvalue weighted by atomic mass is 10.0. The van der Waals surface area contributed by atoms with Crippen molar-refractivity contribution >= 4 is 35.0 Å². The van der Waals surface area contributed by atoms with Crippen molar-refractivity contribution < 1.29 is 24.5 Å². The van der Waals surface area contributed by atoms with Gasteiger partial charge >= 0.3 is 11.9 Å². The van der Waals surface area contributed by atoms with Crippen LogP contribution in [0.2, 0.25) is 0 Å². The number of hydrogen-bond donors (Lipinski definition) is 2. The molecule has 1 aromatic heterocycles. The van der Waals surface area contributed by atoms with E-state index in [9.17, 15) is 19.8 Å². The van der Waals surface area contributed by atoms with Crippen LogP contribution in [0.4, 0.5) is 0 Å². The summed E-state index contributed by atoms with van der Waals surface area (Å²) in [6, 6.07) is 6.65. The second kappa shape index (κ2) is 6.19. The van der Waals surface area contributed by atoms with Crippen LogP contribution in [0.3, 0.4) is 0 Å². The van der Waals surface area contributed by atoms with E-state index in [1.165, 1.54) is 18.9 Å². The van der Waals surface area contributed by atoms with Crippen molar-refractivity contribution in [2.75, 3.05) is 13.4 Å². The Hall–Kier alpha value is -1.99. The van der Waals surface area contributed by atoms with Crippen LogP contribution in [0.5, 0.6) is 5.75 Å². The van der Waals surface area contributed by atoms with Crippen molar-refractivity contribution in [3.05, 3.63) is 34.7 Å². The zero-order valence-electron chi connectivity index (χ0n) is 11.2. The van der Waals surface area contributed by atoms with E-state index in [1.807, 2.05) is 0 Å². The third-order valence-electron chi connectivity index (χ3n) is 2.85. The van der Waals surface area contributed by atoms with Crippen LogP contribution in [0, 0.1) is 0 Å². The van der Waals surface area contributed by atoms with Crippen LogP contribution in [-0.4, -0.2) is 35.5 Å². The zero-order chi connectivity index (χ0) is 15.6. The van der Waals surface area contributed by atoms with E-state index in [4.69, 9.17) is 4.74 Å². The molecule has 0 radical (unpaired) electrons. The summed E-state index contributed by atoms with van der Waals surface area (Å²) in [5.41, 5.74) is 0.823. The Bertz CT molecular complexity index is 688. The molecule has 0 unspecified atom stereocenters. The van der Waals surface area contributed by atoms with E-state index in [2.05, 4.69) is 0 Å². The predicted octanol–water partition coefficient (Wildman–Crippen LogP) is 3.54. The van der Waals surface area contributed by atoms with Crippen LogP contribution < -0.4 is 4.74 Å². The fourth-order valence-electron chi connectivity index (χ4n) is 1.93. The van der Waals surface area contributed by atoms with Gasteiger partial charge in [0.05, 0.1) is 16.9 Å². The number of carboxylic acids is 2. The first-order chi connectivity index (χ1) is 9.99. The molecule has 21 heavy (non-hydrogen) atoms. The second-order valence-electron chi connectivity index (χ2n) is 4.01. The molecule has 0 aliphatic carbocycles. The lowest BCUT2D eigenvalue weighted by molar-refractivity contribution is 0.0693. The van der Waals surface area contributed by atoms with Crippen molar-refractivity contribution in [3.63, 3.8) is 0 Å². The quantitative estimate of drug-likeness (QED) is 0.818. The number of aromatic carboxylic acids is 2. The third kappa shape index (κ3) is 2.88. The fourth-order valence-corrected chi connectivity index (χ4v) is 3.79. The smallest absolute Gasteiger partial charge is 0.346 e. The van der Waals surface area contributed by atoms with Gasteiger partial charge in [-0.25, -0.2) is 9.59 Å². The number of thioether (sulfide) groups is 1. The Labute approximate surface area is 129 Å². The van der Waals surface area contributed by atoms with E-state index in [0.717, 1.165) is 11.3 Å². The molecule has 1 aromatic carbocycles. The van der Waals surface area contributed by atoms with E-state index in [-0.39, 0.29) is 16.0 Å². The summed E-state index contributed by atoms with van der Waals surface area (Å²) < 4.78 is 5.53. The first-order valence-electron chi connectivity index (χ1n) is 5.81. The number of hydrogen-bond acceptors (Lipinski definition) is 5. The molecule has 7 heteroatoms. The normalized spacial score (nSPS) is 10.4. The summed E-state index contributed by atoms with van der Waals surface area (Å²) in [7, 11) is 1.52. The Morgan fingerprint density at radius 1 is 1.14 bits per heavy atom. The maximum Gasteiger partial charge on any atom is 0.346 e. The highest BCUT2D eigenvalue weighted by molar-refractivity contribution is 8.00. The molecule has 0 atom stereocenters. The van der Waals surface area contributed by atoms with Gasteiger partial charge < -0.3 is 14.9 Å². The third-order valence-corrected chi connectivity index (χ3v) is 5.15. The molecule has 1 heterocycles. The van der Waals surface area contributed by atoms with E-state index < -0.39 is 11.9 Å². The lowest BCUT2D eigenvalue weighted by Crippen LogP contribution is -2.01. The Kier molecular flexibility index (Phi) is 4.54. The number of ether oxygens (including phenoxy) is 1. The van der Waals surface area contributed by atoms with Crippen LogP contribution in [0.25, 0.3) is 11.1 Å². The molecule has 0 aliphatic rings. The van der Waals surface area contributed by atoms with E-state index in [0.29, 0.717) is 15.5 Å². The summed E-state index contributed by atoms with van der Waals surface area (Å²) in [4.78, 5) is 22.9. The molecule has 0 aliphatic heterocycles. The summed E-state index contributed by atoms with van der Waals surface area (Å²) >= 11 is 2.21. The van der Waals surface area contributed by atoms with Gasteiger partial charge in [0, 0.05) is 5.56 Å². The van der Waals surface area contributed by atoms with Gasteiger partial charge in [-0.05, 0) is 24.0 Å². The van der Waals surface area contributed by atoms with Gasteiger partial charge in [0.1, 0.15) is 10.6 Å². The average molecular weight is 324 g/mol. The van der Waals surface area contributed by atoms with Gasteiger partial charge in [0.25, 0.3) is 0 Å². The number of rotatable bonds is 5. The molecule has 5 nitrogen and oxygen atoms in total. The van der Waals surface area contributed by atoms with Gasteiger partial charge in [-0.1, -0.05) is 12.1 Å². The first-order valence-corrected chi connectivity index (χ1v) is 7.85. The van der Waals surface area contributed by atoms with Crippen LogP contribution >= 0.6 is 23.1 Å². The van der Waals surface area contributed by atoms with Crippen molar-refractivity contribution in [2.45, 2.75) is 4.21 Å². The lowest BCUT2D eigenvalue weighted by Gasteiger charge is -2.05. The number of thiophene rings is 1. The molecule has 0 saturated carbocycles. The highest BCUT2D eigenvalue weighted by Crippen LogP contribution is 2.41. The number of carbonyl (C=O) groups is 2. The van der Waals surface area contributed by atoms with Crippen molar-refractivity contribution in [1.82, 2.24) is 0 Å². The second-order valence-corrected chi connectivity index (χ2v) is 6.11. The maximum atomic E-state index is 11.5. The molecular weight excluding hydrogens is 312 g/mol. The highest BCUT2D eigenvalue weighted by Gasteiger charge is 2.27. The first kappa shape index (κ1) is 15.4. The SMILES string of the molecule is COc1ccc(-c2c(C(=O)O)sc(SC)c2C(=O)O)cc1. The van der Waals surface area contributed by atoms with E-state index >= 15 is 0 Å². The molecule has 2 rings (SSSR count). The minimum atomic E-state index is -1.13. The average Bonchev–Trinajstić information content (AvgIpc) is 2.87.